The summed E-state index contributed by atoms with van der Waals surface area (Å²) in [5.74, 6) is -0.632. The van der Waals surface area contributed by atoms with Crippen LogP contribution in [0.1, 0.15) is 60.3 Å². The van der Waals surface area contributed by atoms with Crippen LogP contribution in [0.3, 0.4) is 0 Å². The van der Waals surface area contributed by atoms with Crippen LogP contribution in [0, 0.1) is 6.92 Å². The molecule has 0 aliphatic carbocycles. The molecule has 1 unspecified atom stereocenters. The van der Waals surface area contributed by atoms with E-state index in [1.807, 2.05) is 31.2 Å². The number of carbonyl (C=O) groups is 1. The van der Waals surface area contributed by atoms with Crippen LogP contribution in [-0.4, -0.2) is 73.8 Å². The maximum Gasteiger partial charge on any atom is 0.337 e. The number of fused-ring (bicyclic) bond motifs is 2. The maximum atomic E-state index is 14.5. The predicted octanol–water partition coefficient (Wildman–Crippen LogP) is 5.19. The van der Waals surface area contributed by atoms with E-state index in [9.17, 15) is 23.1 Å². The Labute approximate surface area is 248 Å². The van der Waals surface area contributed by atoms with Gasteiger partial charge >= 0.3 is 5.97 Å². The third kappa shape index (κ3) is 5.80. The average Bonchev–Trinajstić information content (AvgIpc) is 3.69. The summed E-state index contributed by atoms with van der Waals surface area (Å²) in [6.07, 6.45) is 1.44. The Balaban J connectivity index is 1.34. The number of halogens is 3. The molecule has 1 fully saturated rings. The summed E-state index contributed by atoms with van der Waals surface area (Å²) in [5.41, 5.74) is 4.36. The quantitative estimate of drug-likeness (QED) is 0.268. The number of aryl methyl sites for hydroxylation is 1. The van der Waals surface area contributed by atoms with Gasteiger partial charge in [0.15, 0.2) is 6.04 Å². The molecule has 8 nitrogen and oxygen atoms in total. The Morgan fingerprint density at radius 1 is 1.19 bits per heavy atom. The molecule has 2 aliphatic rings. The zero-order valence-corrected chi connectivity index (χ0v) is 24.3. The lowest BCUT2D eigenvalue weighted by molar-refractivity contribution is -0.146. The molecule has 0 saturated carbocycles. The monoisotopic (exact) mass is 595 g/mol. The second-order valence-electron chi connectivity index (χ2n) is 11.5. The topological polar surface area (TPSA) is 85.4 Å². The number of ether oxygens (including phenoxy) is 1. The number of carbonyl (C=O) groups excluding carboxylic acids is 1. The fourth-order valence-corrected chi connectivity index (χ4v) is 6.33. The fourth-order valence-electron chi connectivity index (χ4n) is 6.33. The number of aliphatic hydroxyl groups is 1. The van der Waals surface area contributed by atoms with Crippen molar-refractivity contribution in [3.05, 3.63) is 70.9 Å². The second kappa shape index (κ2) is 12.1. The second-order valence-corrected chi connectivity index (χ2v) is 11.5. The van der Waals surface area contributed by atoms with Crippen LogP contribution in [0.4, 0.5) is 13.2 Å². The van der Waals surface area contributed by atoms with Crippen molar-refractivity contribution >= 4 is 16.9 Å². The number of rotatable bonds is 9. The van der Waals surface area contributed by atoms with Crippen molar-refractivity contribution in [1.29, 1.82) is 0 Å². The summed E-state index contributed by atoms with van der Waals surface area (Å²) < 4.78 is 51.5. The van der Waals surface area contributed by atoms with Crippen molar-refractivity contribution < 1.29 is 27.8 Å². The zero-order valence-electron chi connectivity index (χ0n) is 24.3. The van der Waals surface area contributed by atoms with Gasteiger partial charge in [-0.05, 0) is 61.4 Å². The lowest BCUT2D eigenvalue weighted by Gasteiger charge is -2.29. The standard InChI is InChI=1S/C32H36F3N5O3/c1-3-43-32(42)30(29-27-14-22(33)16-39(27)18-36-29)40-17-26-25(31(34)35)15-24(19(2)28(26)37-40)21-6-4-20(5-7-21)8-11-38-12-9-23(41)10-13-38/h4-7,15,17-18,22-23,30-31,41H,3,8-14,16H2,1-2H3/t22-,30?/m1/s1. The summed E-state index contributed by atoms with van der Waals surface area (Å²) >= 11 is 0. The highest BCUT2D eigenvalue weighted by atomic mass is 19.3. The van der Waals surface area contributed by atoms with Gasteiger partial charge in [-0.1, -0.05) is 24.3 Å². The molecule has 0 radical (unpaired) electrons. The van der Waals surface area contributed by atoms with Gasteiger partial charge in [0.2, 0.25) is 0 Å². The Kier molecular flexibility index (Phi) is 8.28. The number of imidazole rings is 1. The minimum atomic E-state index is -2.77. The van der Waals surface area contributed by atoms with Gasteiger partial charge in [0, 0.05) is 48.9 Å². The maximum absolute atomic E-state index is 14.5. The van der Waals surface area contributed by atoms with E-state index in [0.717, 1.165) is 50.0 Å². The predicted molar refractivity (Wildman–Crippen MR) is 156 cm³/mol. The number of aromatic nitrogens is 4. The molecule has 0 amide bonds. The van der Waals surface area contributed by atoms with E-state index in [0.29, 0.717) is 28.0 Å². The molecular weight excluding hydrogens is 559 g/mol. The van der Waals surface area contributed by atoms with Crippen LogP contribution in [-0.2, 0) is 28.9 Å². The number of benzene rings is 2. The number of hydrogen-bond acceptors (Lipinski definition) is 6. The van der Waals surface area contributed by atoms with Gasteiger partial charge in [-0.3, -0.25) is 4.68 Å². The van der Waals surface area contributed by atoms with E-state index in [-0.39, 0.29) is 36.6 Å². The SMILES string of the molecule is CCOC(=O)C(c1ncn2c1C[C@@H](F)C2)n1cc2c(C(F)F)cc(-c3ccc(CCN4CCC(O)CC4)cc3)c(C)c2n1. The molecule has 2 aliphatic heterocycles. The molecule has 0 spiro atoms. The van der Waals surface area contributed by atoms with E-state index in [1.54, 1.807) is 11.5 Å². The Bertz CT molecular complexity index is 1610. The van der Waals surface area contributed by atoms with Crippen molar-refractivity contribution in [3.63, 3.8) is 0 Å². The summed E-state index contributed by atoms with van der Waals surface area (Å²) in [6.45, 7) is 6.45. The van der Waals surface area contributed by atoms with Crippen LogP contribution in [0.5, 0.6) is 0 Å². The molecule has 1 N–H and O–H groups in total. The van der Waals surface area contributed by atoms with E-state index in [2.05, 4.69) is 15.0 Å². The first-order chi connectivity index (χ1) is 20.7. The van der Waals surface area contributed by atoms with Crippen LogP contribution in [0.2, 0.25) is 0 Å². The molecule has 4 heterocycles. The first-order valence-electron chi connectivity index (χ1n) is 14.9. The highest BCUT2D eigenvalue weighted by molar-refractivity contribution is 5.92. The van der Waals surface area contributed by atoms with Crippen molar-refractivity contribution in [2.45, 2.75) is 70.8 Å². The molecule has 0 bridgehead atoms. The normalized spacial score (nSPS) is 18.4. The lowest BCUT2D eigenvalue weighted by atomic mass is 9.94. The van der Waals surface area contributed by atoms with E-state index < -0.39 is 24.6 Å². The van der Waals surface area contributed by atoms with Crippen molar-refractivity contribution in [3.8, 4) is 11.1 Å². The average molecular weight is 596 g/mol. The van der Waals surface area contributed by atoms with E-state index in [1.165, 1.54) is 23.3 Å². The van der Waals surface area contributed by atoms with Crippen molar-refractivity contribution in [1.82, 2.24) is 24.2 Å². The Morgan fingerprint density at radius 2 is 1.93 bits per heavy atom. The molecule has 11 heteroatoms. The van der Waals surface area contributed by atoms with Crippen molar-refractivity contribution in [2.24, 2.45) is 0 Å². The van der Waals surface area contributed by atoms with Crippen LogP contribution in [0.15, 0.2) is 42.9 Å². The Morgan fingerprint density at radius 3 is 2.63 bits per heavy atom. The minimum absolute atomic E-state index is 0.106. The summed E-state index contributed by atoms with van der Waals surface area (Å²) in [7, 11) is 0. The molecule has 2 atom stereocenters. The Hall–Kier alpha value is -3.70. The summed E-state index contributed by atoms with van der Waals surface area (Å²) in [5, 5.41) is 14.6. The van der Waals surface area contributed by atoms with Crippen LogP contribution in [0.25, 0.3) is 22.0 Å². The van der Waals surface area contributed by atoms with Crippen LogP contribution < -0.4 is 0 Å². The van der Waals surface area contributed by atoms with Gasteiger partial charge in [0.05, 0.1) is 36.8 Å². The van der Waals surface area contributed by atoms with Gasteiger partial charge < -0.3 is 19.3 Å². The number of esters is 1. The molecule has 6 rings (SSSR count). The molecule has 228 valence electrons. The summed E-state index contributed by atoms with van der Waals surface area (Å²) in [6, 6.07) is 8.30. The largest absolute Gasteiger partial charge is 0.464 e. The third-order valence-electron chi connectivity index (χ3n) is 8.70. The van der Waals surface area contributed by atoms with Crippen molar-refractivity contribution in [2.75, 3.05) is 26.2 Å². The van der Waals surface area contributed by atoms with Gasteiger partial charge in [-0.15, -0.1) is 0 Å². The smallest absolute Gasteiger partial charge is 0.337 e. The number of likely N-dealkylation sites (tertiary alicyclic amines) is 1. The number of nitrogens with zero attached hydrogens (tertiary/aromatic N) is 5. The number of aliphatic hydroxyl groups excluding tert-OH is 1. The third-order valence-corrected chi connectivity index (χ3v) is 8.70. The molecular formula is C32H36F3N5O3. The number of piperidine rings is 1. The van der Waals surface area contributed by atoms with Gasteiger partial charge in [0.25, 0.3) is 6.43 Å². The van der Waals surface area contributed by atoms with Gasteiger partial charge in [-0.2, -0.15) is 5.10 Å². The van der Waals surface area contributed by atoms with Gasteiger partial charge in [-0.25, -0.2) is 22.9 Å². The van der Waals surface area contributed by atoms with E-state index in [4.69, 9.17) is 4.74 Å². The fraction of sp³-hybridized carbons (Fsp3) is 0.469. The molecule has 2 aromatic heterocycles. The first kappa shape index (κ1) is 29.4. The van der Waals surface area contributed by atoms with Crippen LogP contribution >= 0.6 is 0 Å². The lowest BCUT2D eigenvalue weighted by Crippen LogP contribution is -2.37. The number of hydrogen-bond donors (Lipinski definition) is 1. The van der Waals surface area contributed by atoms with Gasteiger partial charge in [0.1, 0.15) is 6.17 Å². The first-order valence-corrected chi connectivity index (χ1v) is 14.9. The molecule has 43 heavy (non-hydrogen) atoms. The summed E-state index contributed by atoms with van der Waals surface area (Å²) in [4.78, 5) is 19.9. The zero-order chi connectivity index (χ0) is 30.2. The minimum Gasteiger partial charge on any atom is -0.464 e. The highest BCUT2D eigenvalue weighted by Crippen LogP contribution is 2.38. The highest BCUT2D eigenvalue weighted by Gasteiger charge is 2.35. The molecule has 2 aromatic carbocycles. The molecule has 4 aromatic rings. The molecule has 1 saturated heterocycles. The van der Waals surface area contributed by atoms with E-state index >= 15 is 0 Å². The number of alkyl halides is 3.